The van der Waals surface area contributed by atoms with E-state index in [4.69, 9.17) is 23.2 Å². The van der Waals surface area contributed by atoms with E-state index < -0.39 is 0 Å². The third-order valence-corrected chi connectivity index (χ3v) is 3.37. The first-order chi connectivity index (χ1) is 7.56. The van der Waals surface area contributed by atoms with Crippen molar-refractivity contribution >= 4 is 34.5 Å². The molecule has 6 heteroatoms. The summed E-state index contributed by atoms with van der Waals surface area (Å²) in [5.74, 6) is 1.01. The lowest BCUT2D eigenvalue weighted by atomic mass is 10.1. The van der Waals surface area contributed by atoms with Gasteiger partial charge in [0.25, 0.3) is 0 Å². The van der Waals surface area contributed by atoms with Crippen LogP contribution in [-0.2, 0) is 0 Å². The van der Waals surface area contributed by atoms with Gasteiger partial charge in [-0.15, -0.1) is 11.3 Å². The number of hydrogen-bond donors (Lipinski definition) is 0. The molecule has 2 heterocycles. The Morgan fingerprint density at radius 1 is 1.12 bits per heavy atom. The van der Waals surface area contributed by atoms with Crippen molar-refractivity contribution in [3.63, 3.8) is 0 Å². The van der Waals surface area contributed by atoms with Crippen LogP contribution in [0.4, 0.5) is 0 Å². The summed E-state index contributed by atoms with van der Waals surface area (Å²) in [6, 6.07) is 2.05. The second-order valence-electron chi connectivity index (χ2n) is 3.60. The molecule has 3 nitrogen and oxygen atoms in total. The van der Waals surface area contributed by atoms with Crippen LogP contribution in [-0.4, -0.2) is 15.0 Å². The van der Waals surface area contributed by atoms with Crippen molar-refractivity contribution in [3.05, 3.63) is 27.6 Å². The quantitative estimate of drug-likeness (QED) is 0.829. The van der Waals surface area contributed by atoms with Crippen LogP contribution in [0.2, 0.25) is 10.6 Å². The minimum Gasteiger partial charge on any atom is -0.197 e. The van der Waals surface area contributed by atoms with Crippen molar-refractivity contribution in [3.8, 4) is 10.7 Å². The second kappa shape index (κ2) is 4.65. The summed E-state index contributed by atoms with van der Waals surface area (Å²) >= 11 is 13.0. The fourth-order valence-corrected chi connectivity index (χ4v) is 2.57. The highest BCUT2D eigenvalue weighted by atomic mass is 35.5. The zero-order valence-electron chi connectivity index (χ0n) is 8.74. The molecule has 0 aliphatic carbocycles. The molecule has 0 unspecified atom stereocenters. The molecule has 2 aromatic heterocycles. The van der Waals surface area contributed by atoms with Gasteiger partial charge in [0.2, 0.25) is 10.6 Å². The maximum atomic E-state index is 5.73. The van der Waals surface area contributed by atoms with Crippen LogP contribution in [0.1, 0.15) is 25.3 Å². The highest BCUT2D eigenvalue weighted by molar-refractivity contribution is 7.13. The summed E-state index contributed by atoms with van der Waals surface area (Å²) in [5, 5.41) is 2.33. The van der Waals surface area contributed by atoms with E-state index in [1.165, 1.54) is 5.56 Å². The average Bonchev–Trinajstić information content (AvgIpc) is 2.64. The van der Waals surface area contributed by atoms with E-state index in [0.717, 1.165) is 4.88 Å². The Hall–Kier alpha value is -0.710. The molecule has 0 aliphatic rings. The molecule has 0 atom stereocenters. The summed E-state index contributed by atoms with van der Waals surface area (Å²) in [6.45, 7) is 4.28. The van der Waals surface area contributed by atoms with Gasteiger partial charge < -0.3 is 0 Å². The molecule has 0 amide bonds. The molecule has 16 heavy (non-hydrogen) atoms. The van der Waals surface area contributed by atoms with Crippen LogP contribution in [0.15, 0.2) is 11.4 Å². The molecular formula is C10H9Cl2N3S. The van der Waals surface area contributed by atoms with Crippen LogP contribution in [0, 0.1) is 0 Å². The lowest BCUT2D eigenvalue weighted by Crippen LogP contribution is -1.92. The predicted molar refractivity (Wildman–Crippen MR) is 67.2 cm³/mol. The number of thiophene rings is 1. The monoisotopic (exact) mass is 273 g/mol. The summed E-state index contributed by atoms with van der Waals surface area (Å²) in [7, 11) is 0. The predicted octanol–water partition coefficient (Wildman–Crippen LogP) is 4.03. The van der Waals surface area contributed by atoms with Crippen LogP contribution >= 0.6 is 34.5 Å². The molecule has 0 bridgehead atoms. The Balaban J connectivity index is 2.42. The number of nitrogens with zero attached hydrogens (tertiary/aromatic N) is 3. The fourth-order valence-electron chi connectivity index (χ4n) is 1.21. The Kier molecular flexibility index (Phi) is 3.42. The molecular weight excluding hydrogens is 265 g/mol. The van der Waals surface area contributed by atoms with Gasteiger partial charge in [-0.1, -0.05) is 13.8 Å². The van der Waals surface area contributed by atoms with Gasteiger partial charge in [-0.05, 0) is 46.1 Å². The Labute approximate surface area is 107 Å². The van der Waals surface area contributed by atoms with Gasteiger partial charge >= 0.3 is 0 Å². The molecule has 0 saturated heterocycles. The standard InChI is InChI=1S/C10H9Cl2N3S/c1-5(2)6-3-7(16-4-6)8-13-9(11)15-10(12)14-8/h3-5H,1-2H3. The van der Waals surface area contributed by atoms with Crippen LogP contribution in [0.5, 0.6) is 0 Å². The van der Waals surface area contributed by atoms with Crippen LogP contribution < -0.4 is 0 Å². The van der Waals surface area contributed by atoms with E-state index in [9.17, 15) is 0 Å². The molecule has 0 radical (unpaired) electrons. The Bertz CT molecular complexity index is 490. The molecule has 0 spiro atoms. The number of halogens is 2. The van der Waals surface area contributed by atoms with Gasteiger partial charge in [-0.2, -0.15) is 15.0 Å². The molecule has 0 saturated carbocycles. The highest BCUT2D eigenvalue weighted by Gasteiger charge is 2.10. The molecule has 0 aliphatic heterocycles. The Morgan fingerprint density at radius 3 is 2.25 bits per heavy atom. The highest BCUT2D eigenvalue weighted by Crippen LogP contribution is 2.29. The van der Waals surface area contributed by atoms with E-state index in [1.807, 2.05) is 0 Å². The van der Waals surface area contributed by atoms with Gasteiger partial charge in [0, 0.05) is 0 Å². The maximum Gasteiger partial charge on any atom is 0.227 e. The van der Waals surface area contributed by atoms with Crippen molar-refractivity contribution in [1.29, 1.82) is 0 Å². The van der Waals surface area contributed by atoms with Gasteiger partial charge in [-0.25, -0.2) is 0 Å². The zero-order valence-corrected chi connectivity index (χ0v) is 11.1. The van der Waals surface area contributed by atoms with E-state index in [2.05, 4.69) is 40.2 Å². The molecule has 2 rings (SSSR count). The largest absolute Gasteiger partial charge is 0.227 e. The smallest absolute Gasteiger partial charge is 0.197 e. The van der Waals surface area contributed by atoms with E-state index in [-0.39, 0.29) is 10.6 Å². The molecule has 0 N–H and O–H groups in total. The van der Waals surface area contributed by atoms with Gasteiger partial charge in [-0.3, -0.25) is 0 Å². The van der Waals surface area contributed by atoms with Gasteiger partial charge in [0.05, 0.1) is 4.88 Å². The fraction of sp³-hybridized carbons (Fsp3) is 0.300. The third kappa shape index (κ3) is 2.51. The van der Waals surface area contributed by atoms with Gasteiger partial charge in [0.15, 0.2) is 5.82 Å². The molecule has 2 aromatic rings. The summed E-state index contributed by atoms with van der Waals surface area (Å²) in [6.07, 6.45) is 0. The summed E-state index contributed by atoms with van der Waals surface area (Å²) in [5.41, 5.74) is 1.26. The molecule has 0 fully saturated rings. The SMILES string of the molecule is CC(C)c1csc(-c2nc(Cl)nc(Cl)n2)c1. The lowest BCUT2D eigenvalue weighted by molar-refractivity contribution is 0.872. The van der Waals surface area contributed by atoms with Crippen molar-refractivity contribution in [2.24, 2.45) is 0 Å². The van der Waals surface area contributed by atoms with Crippen LogP contribution in [0.25, 0.3) is 10.7 Å². The minimum atomic E-state index is 0.120. The summed E-state index contributed by atoms with van der Waals surface area (Å²) < 4.78 is 0. The van der Waals surface area contributed by atoms with E-state index in [1.54, 1.807) is 11.3 Å². The topological polar surface area (TPSA) is 38.7 Å². The number of aromatic nitrogens is 3. The second-order valence-corrected chi connectivity index (χ2v) is 5.18. The molecule has 84 valence electrons. The average molecular weight is 274 g/mol. The van der Waals surface area contributed by atoms with Crippen molar-refractivity contribution in [1.82, 2.24) is 15.0 Å². The van der Waals surface area contributed by atoms with Crippen molar-refractivity contribution in [2.75, 3.05) is 0 Å². The first kappa shape index (κ1) is 11.8. The van der Waals surface area contributed by atoms with Crippen molar-refractivity contribution < 1.29 is 0 Å². The maximum absolute atomic E-state index is 5.73. The summed E-state index contributed by atoms with van der Waals surface area (Å²) in [4.78, 5) is 12.8. The van der Waals surface area contributed by atoms with E-state index in [0.29, 0.717) is 11.7 Å². The number of rotatable bonds is 2. The zero-order chi connectivity index (χ0) is 11.7. The van der Waals surface area contributed by atoms with Crippen LogP contribution in [0.3, 0.4) is 0 Å². The normalized spacial score (nSPS) is 11.1. The van der Waals surface area contributed by atoms with Crippen molar-refractivity contribution in [2.45, 2.75) is 19.8 Å². The van der Waals surface area contributed by atoms with Gasteiger partial charge in [0.1, 0.15) is 0 Å². The minimum absolute atomic E-state index is 0.120. The number of hydrogen-bond acceptors (Lipinski definition) is 4. The first-order valence-electron chi connectivity index (χ1n) is 4.72. The van der Waals surface area contributed by atoms with E-state index >= 15 is 0 Å². The third-order valence-electron chi connectivity index (χ3n) is 2.09. The first-order valence-corrected chi connectivity index (χ1v) is 6.35. The Morgan fingerprint density at radius 2 is 1.75 bits per heavy atom. The molecule has 0 aromatic carbocycles. The lowest BCUT2D eigenvalue weighted by Gasteiger charge is -1.98.